The quantitative estimate of drug-likeness (QED) is 0.923. The maximum atomic E-state index is 13.0. The maximum Gasteiger partial charge on any atom is 0.308 e. The third-order valence-corrected chi connectivity index (χ3v) is 2.90. The van der Waals surface area contributed by atoms with E-state index in [1.54, 1.807) is 20.8 Å². The lowest BCUT2D eigenvalue weighted by molar-refractivity contribution is -0.140. The van der Waals surface area contributed by atoms with E-state index in [0.717, 1.165) is 0 Å². The third-order valence-electron chi connectivity index (χ3n) is 2.90. The molecule has 0 saturated heterocycles. The van der Waals surface area contributed by atoms with Gasteiger partial charge in [0.1, 0.15) is 5.82 Å². The predicted molar refractivity (Wildman–Crippen MR) is 75.0 cm³/mol. The van der Waals surface area contributed by atoms with Crippen LogP contribution in [0.15, 0.2) is 24.3 Å². The Labute approximate surface area is 118 Å². The van der Waals surface area contributed by atoms with Crippen molar-refractivity contribution in [3.63, 3.8) is 0 Å². The molecule has 0 saturated carbocycles. The number of halogens is 1. The highest BCUT2D eigenvalue weighted by Crippen LogP contribution is 2.24. The number of aliphatic carboxylic acids is 1. The van der Waals surface area contributed by atoms with E-state index in [-0.39, 0.29) is 12.5 Å². The van der Waals surface area contributed by atoms with Gasteiger partial charge in [0.05, 0.1) is 5.92 Å². The molecule has 0 fully saturated rings. The zero-order valence-electron chi connectivity index (χ0n) is 12.2. The van der Waals surface area contributed by atoms with Gasteiger partial charge in [-0.05, 0) is 24.3 Å². The zero-order valence-corrected chi connectivity index (χ0v) is 12.2. The third kappa shape index (κ3) is 4.05. The number of hydrogen-bond donors (Lipinski definition) is 1. The van der Waals surface area contributed by atoms with Gasteiger partial charge in [-0.3, -0.25) is 9.59 Å². The molecule has 0 bridgehead atoms. The van der Waals surface area contributed by atoms with E-state index in [1.807, 2.05) is 0 Å². The van der Waals surface area contributed by atoms with E-state index >= 15 is 0 Å². The number of benzene rings is 1. The van der Waals surface area contributed by atoms with Crippen LogP contribution in [0.1, 0.15) is 27.7 Å². The summed E-state index contributed by atoms with van der Waals surface area (Å²) in [5.41, 5.74) is -0.147. The average molecular weight is 281 g/mol. The fraction of sp³-hybridized carbons (Fsp3) is 0.467. The highest BCUT2D eigenvalue weighted by molar-refractivity contribution is 5.97. The first-order valence-electron chi connectivity index (χ1n) is 6.43. The molecule has 20 heavy (non-hydrogen) atoms. The average Bonchev–Trinajstić information content (AvgIpc) is 2.34. The van der Waals surface area contributed by atoms with Gasteiger partial charge in [-0.25, -0.2) is 4.39 Å². The van der Waals surface area contributed by atoms with Crippen molar-refractivity contribution in [3.05, 3.63) is 30.1 Å². The first-order chi connectivity index (χ1) is 9.12. The zero-order chi connectivity index (χ0) is 15.5. The fourth-order valence-corrected chi connectivity index (χ4v) is 1.68. The van der Waals surface area contributed by atoms with Crippen LogP contribution < -0.4 is 4.90 Å². The molecule has 1 unspecified atom stereocenters. The molecule has 1 aromatic carbocycles. The van der Waals surface area contributed by atoms with Crippen LogP contribution >= 0.6 is 0 Å². The molecule has 0 aliphatic carbocycles. The van der Waals surface area contributed by atoms with Crippen LogP contribution in [-0.4, -0.2) is 23.5 Å². The van der Waals surface area contributed by atoms with Crippen LogP contribution in [0.4, 0.5) is 10.1 Å². The summed E-state index contributed by atoms with van der Waals surface area (Å²) in [7, 11) is 0. The molecule has 0 spiro atoms. The summed E-state index contributed by atoms with van der Waals surface area (Å²) in [6.45, 7) is 6.87. The molecule has 0 aromatic heterocycles. The molecule has 1 rings (SSSR count). The van der Waals surface area contributed by atoms with Crippen molar-refractivity contribution < 1.29 is 19.1 Å². The van der Waals surface area contributed by atoms with Gasteiger partial charge in [0.15, 0.2) is 0 Å². The Morgan fingerprint density at radius 3 is 2.15 bits per heavy atom. The van der Waals surface area contributed by atoms with Crippen molar-refractivity contribution in [1.29, 1.82) is 0 Å². The van der Waals surface area contributed by atoms with Crippen LogP contribution in [0, 0.1) is 17.2 Å². The lowest BCUT2D eigenvalue weighted by Crippen LogP contribution is -2.43. The molecule has 1 amide bonds. The van der Waals surface area contributed by atoms with Crippen LogP contribution in [0.25, 0.3) is 0 Å². The largest absolute Gasteiger partial charge is 0.481 e. The first kappa shape index (κ1) is 16.1. The van der Waals surface area contributed by atoms with Crippen molar-refractivity contribution in [2.24, 2.45) is 11.3 Å². The molecular weight excluding hydrogens is 261 g/mol. The second-order valence-corrected chi connectivity index (χ2v) is 5.88. The molecule has 4 nitrogen and oxygen atoms in total. The van der Waals surface area contributed by atoms with Gasteiger partial charge < -0.3 is 10.0 Å². The van der Waals surface area contributed by atoms with Crippen molar-refractivity contribution in [1.82, 2.24) is 0 Å². The van der Waals surface area contributed by atoms with Crippen LogP contribution in [0.2, 0.25) is 0 Å². The summed E-state index contributed by atoms with van der Waals surface area (Å²) in [5.74, 6) is -2.27. The van der Waals surface area contributed by atoms with E-state index in [9.17, 15) is 14.0 Å². The smallest absolute Gasteiger partial charge is 0.308 e. The van der Waals surface area contributed by atoms with Gasteiger partial charge in [0.2, 0.25) is 5.91 Å². The number of anilines is 1. The van der Waals surface area contributed by atoms with Crippen molar-refractivity contribution >= 4 is 17.6 Å². The second-order valence-electron chi connectivity index (χ2n) is 5.88. The van der Waals surface area contributed by atoms with Gasteiger partial charge in [-0.1, -0.05) is 27.7 Å². The Morgan fingerprint density at radius 1 is 1.25 bits per heavy atom. The normalized spacial score (nSPS) is 12.8. The summed E-state index contributed by atoms with van der Waals surface area (Å²) < 4.78 is 13.0. The molecule has 110 valence electrons. The molecule has 5 heteroatoms. The summed E-state index contributed by atoms with van der Waals surface area (Å²) in [4.78, 5) is 24.8. The molecule has 1 aromatic rings. The fourth-order valence-electron chi connectivity index (χ4n) is 1.68. The summed E-state index contributed by atoms with van der Waals surface area (Å²) in [6, 6.07) is 5.47. The first-order valence-corrected chi connectivity index (χ1v) is 6.43. The SMILES string of the molecule is CC(CN(C(=O)C(C)(C)C)c1ccc(F)cc1)C(=O)O. The van der Waals surface area contributed by atoms with Crippen molar-refractivity contribution in [2.45, 2.75) is 27.7 Å². The molecule has 0 radical (unpaired) electrons. The lowest BCUT2D eigenvalue weighted by atomic mass is 9.93. The summed E-state index contributed by atoms with van der Waals surface area (Å²) in [5, 5.41) is 9.01. The van der Waals surface area contributed by atoms with Crippen molar-refractivity contribution in [2.75, 3.05) is 11.4 Å². The van der Waals surface area contributed by atoms with E-state index < -0.39 is 23.1 Å². The number of nitrogens with zero attached hydrogens (tertiary/aromatic N) is 1. The molecule has 1 atom stereocenters. The predicted octanol–water partition coefficient (Wildman–Crippen LogP) is 2.93. The minimum absolute atomic E-state index is 0.0526. The highest BCUT2D eigenvalue weighted by atomic mass is 19.1. The number of amides is 1. The summed E-state index contributed by atoms with van der Waals surface area (Å²) in [6.07, 6.45) is 0. The topological polar surface area (TPSA) is 57.6 Å². The molecule has 0 heterocycles. The molecular formula is C15H20FNO3. The van der Waals surface area contributed by atoms with Gasteiger partial charge in [0.25, 0.3) is 0 Å². The number of carbonyl (C=O) groups excluding carboxylic acids is 1. The Balaban J connectivity index is 3.10. The molecule has 0 aliphatic heterocycles. The minimum atomic E-state index is -0.973. The number of carboxylic acid groups (broad SMARTS) is 1. The Hall–Kier alpha value is -1.91. The molecule has 0 aliphatic rings. The number of rotatable bonds is 4. The molecule has 1 N–H and O–H groups in total. The number of carbonyl (C=O) groups is 2. The van der Waals surface area contributed by atoms with Crippen LogP contribution in [0.5, 0.6) is 0 Å². The van der Waals surface area contributed by atoms with E-state index in [1.165, 1.54) is 36.1 Å². The van der Waals surface area contributed by atoms with E-state index in [4.69, 9.17) is 5.11 Å². The summed E-state index contributed by atoms with van der Waals surface area (Å²) >= 11 is 0. The Bertz CT molecular complexity index is 491. The monoisotopic (exact) mass is 281 g/mol. The Morgan fingerprint density at radius 2 is 1.75 bits per heavy atom. The van der Waals surface area contributed by atoms with Crippen LogP contribution in [-0.2, 0) is 9.59 Å². The number of carboxylic acids is 1. The second kappa shape index (κ2) is 6.03. The maximum absolute atomic E-state index is 13.0. The van der Waals surface area contributed by atoms with Crippen LogP contribution in [0.3, 0.4) is 0 Å². The van der Waals surface area contributed by atoms with Gasteiger partial charge in [0, 0.05) is 17.6 Å². The Kier molecular flexibility index (Phi) is 4.87. The lowest BCUT2D eigenvalue weighted by Gasteiger charge is -2.30. The van der Waals surface area contributed by atoms with E-state index in [2.05, 4.69) is 0 Å². The minimum Gasteiger partial charge on any atom is -0.481 e. The van der Waals surface area contributed by atoms with Gasteiger partial charge in [-0.15, -0.1) is 0 Å². The van der Waals surface area contributed by atoms with Gasteiger partial charge >= 0.3 is 5.97 Å². The standard InChI is InChI=1S/C15H20FNO3/c1-10(13(18)19)9-17(14(20)15(2,3)4)12-7-5-11(16)6-8-12/h5-8,10H,9H2,1-4H3,(H,18,19). The number of hydrogen-bond acceptors (Lipinski definition) is 2. The van der Waals surface area contributed by atoms with Gasteiger partial charge in [-0.2, -0.15) is 0 Å². The highest BCUT2D eigenvalue weighted by Gasteiger charge is 2.30. The van der Waals surface area contributed by atoms with E-state index in [0.29, 0.717) is 5.69 Å². The van der Waals surface area contributed by atoms with Crippen molar-refractivity contribution in [3.8, 4) is 0 Å².